The van der Waals surface area contributed by atoms with Crippen LogP contribution in [0.4, 0.5) is 4.39 Å². The van der Waals surface area contributed by atoms with E-state index in [9.17, 15) is 9.18 Å². The van der Waals surface area contributed by atoms with E-state index in [1.165, 1.54) is 0 Å². The van der Waals surface area contributed by atoms with Gasteiger partial charge in [-0.2, -0.15) is 0 Å². The summed E-state index contributed by atoms with van der Waals surface area (Å²) in [5, 5.41) is 0. The average Bonchev–Trinajstić information content (AvgIpc) is 2.45. The van der Waals surface area contributed by atoms with Crippen molar-refractivity contribution in [2.45, 2.75) is 12.6 Å². The Morgan fingerprint density at radius 3 is 2.50 bits per heavy atom. The summed E-state index contributed by atoms with van der Waals surface area (Å²) in [5.41, 5.74) is 1.88. The summed E-state index contributed by atoms with van der Waals surface area (Å²) < 4.78 is 11.9. The smallest absolute Gasteiger partial charge is 0.240 e. The van der Waals surface area contributed by atoms with E-state index in [0.717, 1.165) is 0 Å². The van der Waals surface area contributed by atoms with Crippen LogP contribution in [0.2, 0.25) is 0 Å². The molecule has 0 radical (unpaired) electrons. The minimum atomic E-state index is -0.946. The van der Waals surface area contributed by atoms with Gasteiger partial charge in [-0.3, -0.25) is 10.2 Å². The summed E-state index contributed by atoms with van der Waals surface area (Å²) in [6, 6.07) is 0. The number of alkyl halides is 1. The zero-order valence-corrected chi connectivity index (χ0v) is 4.23. The van der Waals surface area contributed by atoms with Crippen molar-refractivity contribution < 1.29 is 9.18 Å². The number of halogens is 1. The molecule has 46 valence electrons. The van der Waals surface area contributed by atoms with Crippen molar-refractivity contribution >= 4 is 5.91 Å². The van der Waals surface area contributed by atoms with Gasteiger partial charge in [0, 0.05) is 0 Å². The Labute approximate surface area is 46.0 Å². The van der Waals surface area contributed by atoms with Gasteiger partial charge in [0.05, 0.1) is 5.92 Å². The highest BCUT2D eigenvalue weighted by Crippen LogP contribution is 2.33. The van der Waals surface area contributed by atoms with Gasteiger partial charge < -0.3 is 0 Å². The molecule has 1 rings (SSSR count). The lowest BCUT2D eigenvalue weighted by molar-refractivity contribution is -0.122. The molecule has 0 aromatic carbocycles. The number of carbonyl (C=O) groups is 1. The van der Waals surface area contributed by atoms with Gasteiger partial charge in [-0.25, -0.2) is 10.2 Å². The second-order valence-electron chi connectivity index (χ2n) is 1.87. The summed E-state index contributed by atoms with van der Waals surface area (Å²) >= 11 is 0. The first-order valence-corrected chi connectivity index (χ1v) is 2.40. The van der Waals surface area contributed by atoms with Gasteiger partial charge in [0.1, 0.15) is 6.17 Å². The Balaban J connectivity index is 2.28. The van der Waals surface area contributed by atoms with Crippen LogP contribution in [0.3, 0.4) is 0 Å². The third kappa shape index (κ3) is 0.790. The van der Waals surface area contributed by atoms with Crippen LogP contribution in [0.1, 0.15) is 6.42 Å². The number of hydrazine groups is 1. The molecule has 0 aromatic rings. The summed E-state index contributed by atoms with van der Waals surface area (Å²) in [5.74, 6) is 3.86. The van der Waals surface area contributed by atoms with Crippen LogP contribution in [0.15, 0.2) is 0 Å². The quantitative estimate of drug-likeness (QED) is 0.272. The van der Waals surface area contributed by atoms with Crippen LogP contribution in [0, 0.1) is 5.92 Å². The maximum Gasteiger partial charge on any atom is 0.240 e. The van der Waals surface area contributed by atoms with Gasteiger partial charge >= 0.3 is 0 Å². The van der Waals surface area contributed by atoms with Crippen LogP contribution in [-0.2, 0) is 4.79 Å². The Bertz CT molecular complexity index is 117. The molecule has 3 nitrogen and oxygen atoms in total. The first-order valence-electron chi connectivity index (χ1n) is 2.40. The fourth-order valence-electron chi connectivity index (χ4n) is 0.542. The third-order valence-corrected chi connectivity index (χ3v) is 1.19. The molecule has 1 fully saturated rings. The van der Waals surface area contributed by atoms with E-state index in [4.69, 9.17) is 5.84 Å². The predicted molar refractivity (Wildman–Crippen MR) is 25.3 cm³/mol. The first-order chi connectivity index (χ1) is 3.75. The molecule has 1 aliphatic rings. The molecule has 0 unspecified atom stereocenters. The molecule has 2 atom stereocenters. The zero-order valence-electron chi connectivity index (χ0n) is 4.23. The lowest BCUT2D eigenvalue weighted by atomic mass is 10.4. The predicted octanol–water partition coefficient (Wildman–Crippen LogP) is -0.666. The molecule has 3 N–H and O–H groups in total. The number of amides is 1. The maximum atomic E-state index is 11.9. The standard InChI is InChI=1S/C4H7FN2O/c5-3-1-2(3)4(8)7-6/h2-3H,1,6H2,(H,7,8)/t2-,3+/m1/s1. The van der Waals surface area contributed by atoms with Crippen LogP contribution >= 0.6 is 0 Å². The molecule has 0 heterocycles. The molecular weight excluding hydrogens is 111 g/mol. The largest absolute Gasteiger partial charge is 0.294 e. The average molecular weight is 118 g/mol. The summed E-state index contributed by atoms with van der Waals surface area (Å²) in [6.07, 6.45) is -0.609. The van der Waals surface area contributed by atoms with Gasteiger partial charge in [-0.15, -0.1) is 0 Å². The normalized spacial score (nSPS) is 34.2. The minimum Gasteiger partial charge on any atom is -0.294 e. The zero-order chi connectivity index (χ0) is 6.15. The molecule has 0 aliphatic heterocycles. The minimum absolute atomic E-state index is 0.336. The second-order valence-corrected chi connectivity index (χ2v) is 1.87. The molecule has 1 saturated carbocycles. The molecule has 0 aromatic heterocycles. The molecule has 8 heavy (non-hydrogen) atoms. The maximum absolute atomic E-state index is 11.9. The van der Waals surface area contributed by atoms with E-state index in [2.05, 4.69) is 0 Å². The molecular formula is C4H7FN2O. The van der Waals surface area contributed by atoms with Crippen molar-refractivity contribution in [3.05, 3.63) is 0 Å². The lowest BCUT2D eigenvalue weighted by Crippen LogP contribution is -2.31. The fraction of sp³-hybridized carbons (Fsp3) is 0.750. The van der Waals surface area contributed by atoms with E-state index in [-0.39, 0.29) is 0 Å². The molecule has 1 aliphatic carbocycles. The topological polar surface area (TPSA) is 55.1 Å². The van der Waals surface area contributed by atoms with E-state index in [0.29, 0.717) is 6.42 Å². The second kappa shape index (κ2) is 1.70. The van der Waals surface area contributed by atoms with Gasteiger partial charge in [0.25, 0.3) is 0 Å². The van der Waals surface area contributed by atoms with E-state index in [1.54, 1.807) is 0 Å². The van der Waals surface area contributed by atoms with Gasteiger partial charge in [-0.05, 0) is 6.42 Å². The van der Waals surface area contributed by atoms with Crippen molar-refractivity contribution in [2.75, 3.05) is 0 Å². The molecule has 0 bridgehead atoms. The Morgan fingerprint density at radius 1 is 1.88 bits per heavy atom. The summed E-state index contributed by atoms with van der Waals surface area (Å²) in [7, 11) is 0. The fourth-order valence-corrected chi connectivity index (χ4v) is 0.542. The highest BCUT2D eigenvalue weighted by atomic mass is 19.1. The SMILES string of the molecule is NNC(=O)[C@@H]1C[C@@H]1F. The lowest BCUT2D eigenvalue weighted by Gasteiger charge is -1.90. The van der Waals surface area contributed by atoms with Crippen molar-refractivity contribution in [1.29, 1.82) is 0 Å². The van der Waals surface area contributed by atoms with Crippen LogP contribution in [0.5, 0.6) is 0 Å². The van der Waals surface area contributed by atoms with Crippen LogP contribution < -0.4 is 11.3 Å². The van der Waals surface area contributed by atoms with Crippen molar-refractivity contribution in [3.63, 3.8) is 0 Å². The monoisotopic (exact) mass is 118 g/mol. The Hall–Kier alpha value is -0.640. The number of nitrogens with one attached hydrogen (secondary N) is 1. The van der Waals surface area contributed by atoms with Crippen LogP contribution in [0.25, 0.3) is 0 Å². The number of nitrogens with two attached hydrogens (primary N) is 1. The number of hydrogen-bond acceptors (Lipinski definition) is 2. The number of carbonyl (C=O) groups excluding carboxylic acids is 1. The number of rotatable bonds is 1. The van der Waals surface area contributed by atoms with Crippen LogP contribution in [-0.4, -0.2) is 12.1 Å². The highest BCUT2D eigenvalue weighted by Gasteiger charge is 2.43. The Kier molecular flexibility index (Phi) is 1.17. The Morgan fingerprint density at radius 2 is 2.38 bits per heavy atom. The van der Waals surface area contributed by atoms with Crippen molar-refractivity contribution in [3.8, 4) is 0 Å². The summed E-state index contributed by atoms with van der Waals surface area (Å²) in [4.78, 5) is 10.3. The summed E-state index contributed by atoms with van der Waals surface area (Å²) in [6.45, 7) is 0. The molecule has 0 saturated heterocycles. The van der Waals surface area contributed by atoms with E-state index >= 15 is 0 Å². The number of hydrogen-bond donors (Lipinski definition) is 2. The molecule has 4 heteroatoms. The molecule has 0 spiro atoms. The van der Waals surface area contributed by atoms with Crippen molar-refractivity contribution in [2.24, 2.45) is 11.8 Å². The first kappa shape index (κ1) is 5.50. The van der Waals surface area contributed by atoms with Crippen molar-refractivity contribution in [1.82, 2.24) is 5.43 Å². The molecule has 1 amide bonds. The van der Waals surface area contributed by atoms with E-state index in [1.807, 2.05) is 5.43 Å². The van der Waals surface area contributed by atoms with E-state index < -0.39 is 18.0 Å². The van der Waals surface area contributed by atoms with Gasteiger partial charge in [0.15, 0.2) is 0 Å². The van der Waals surface area contributed by atoms with Gasteiger partial charge in [-0.1, -0.05) is 0 Å². The highest BCUT2D eigenvalue weighted by molar-refractivity contribution is 5.81. The third-order valence-electron chi connectivity index (χ3n) is 1.19. The van der Waals surface area contributed by atoms with Gasteiger partial charge in [0.2, 0.25) is 5.91 Å².